The Hall–Kier alpha value is -0.700. The van der Waals surface area contributed by atoms with E-state index < -0.39 is 0 Å². The number of carbonyl (C=O) groups excluding carboxylic acids is 2. The van der Waals surface area contributed by atoms with Crippen molar-refractivity contribution < 1.29 is 9.59 Å². The Morgan fingerprint density at radius 1 is 1.06 bits per heavy atom. The molecule has 0 bridgehead atoms. The van der Waals surface area contributed by atoms with Gasteiger partial charge in [0.25, 0.3) is 0 Å². The largest absolute Gasteiger partial charge is 0.308 e. The summed E-state index contributed by atoms with van der Waals surface area (Å²) in [6.45, 7) is 12.4. The minimum Gasteiger partial charge on any atom is -0.308 e. The van der Waals surface area contributed by atoms with Crippen molar-refractivity contribution in [3.8, 4) is 0 Å². The molecular formula is C15H29NO2. The molecule has 0 fully saturated rings. The van der Waals surface area contributed by atoms with Crippen LogP contribution in [0.25, 0.3) is 0 Å². The van der Waals surface area contributed by atoms with Gasteiger partial charge in [-0.15, -0.1) is 0 Å². The molecule has 0 saturated carbocycles. The molecular weight excluding hydrogens is 226 g/mol. The Balaban J connectivity index is 4.50. The number of carbonyl (C=O) groups is 2. The summed E-state index contributed by atoms with van der Waals surface area (Å²) in [5, 5.41) is 3.11. The van der Waals surface area contributed by atoms with E-state index in [0.29, 0.717) is 19.0 Å². The van der Waals surface area contributed by atoms with Gasteiger partial charge in [0.2, 0.25) is 0 Å². The highest BCUT2D eigenvalue weighted by molar-refractivity contribution is 5.89. The second-order valence-corrected chi connectivity index (χ2v) is 5.83. The van der Waals surface area contributed by atoms with E-state index in [1.807, 2.05) is 27.7 Å². The smallest absolute Gasteiger partial charge is 0.147 e. The Bertz CT molecular complexity index is 272. The molecule has 0 amide bonds. The van der Waals surface area contributed by atoms with E-state index in [2.05, 4.69) is 19.2 Å². The molecule has 0 aliphatic rings. The normalized spacial score (nSPS) is 14.9. The van der Waals surface area contributed by atoms with Gasteiger partial charge in [0.1, 0.15) is 11.6 Å². The van der Waals surface area contributed by atoms with Crippen LogP contribution in [0.15, 0.2) is 0 Å². The minimum absolute atomic E-state index is 0.00913. The van der Waals surface area contributed by atoms with Crippen LogP contribution in [-0.4, -0.2) is 24.2 Å². The summed E-state index contributed by atoms with van der Waals surface area (Å²) < 4.78 is 0. The lowest BCUT2D eigenvalue weighted by atomic mass is 9.80. The number of ketones is 2. The molecule has 0 saturated heterocycles. The Labute approximate surface area is 112 Å². The number of hydrogen-bond acceptors (Lipinski definition) is 3. The summed E-state index contributed by atoms with van der Waals surface area (Å²) in [7, 11) is 0. The summed E-state index contributed by atoms with van der Waals surface area (Å²) in [6, 6.07) is 0.303. The molecule has 1 N–H and O–H groups in total. The van der Waals surface area contributed by atoms with E-state index in [4.69, 9.17) is 0 Å². The van der Waals surface area contributed by atoms with Crippen molar-refractivity contribution in [1.29, 1.82) is 0 Å². The average molecular weight is 255 g/mol. The first kappa shape index (κ1) is 17.3. The highest BCUT2D eigenvalue weighted by atomic mass is 16.1. The Kier molecular flexibility index (Phi) is 8.08. The number of rotatable bonds is 9. The van der Waals surface area contributed by atoms with Crippen LogP contribution in [-0.2, 0) is 9.59 Å². The zero-order valence-corrected chi connectivity index (χ0v) is 12.7. The van der Waals surface area contributed by atoms with E-state index in [-0.39, 0.29) is 29.3 Å². The lowest BCUT2D eigenvalue weighted by Crippen LogP contribution is -2.34. The summed E-state index contributed by atoms with van der Waals surface area (Å²) in [5.74, 6) is 0.541. The maximum atomic E-state index is 12.1. The summed E-state index contributed by atoms with van der Waals surface area (Å²) in [4.78, 5) is 24.0. The molecule has 2 atom stereocenters. The number of hydrogen-bond donors (Lipinski definition) is 1. The third-order valence-electron chi connectivity index (χ3n) is 3.42. The van der Waals surface area contributed by atoms with Crippen LogP contribution in [0.5, 0.6) is 0 Å². The van der Waals surface area contributed by atoms with Crippen molar-refractivity contribution in [3.63, 3.8) is 0 Å². The molecule has 0 aromatic rings. The van der Waals surface area contributed by atoms with Gasteiger partial charge in [-0.1, -0.05) is 48.0 Å². The molecule has 106 valence electrons. The molecule has 18 heavy (non-hydrogen) atoms. The maximum absolute atomic E-state index is 12.1. The molecule has 1 unspecified atom stereocenters. The molecule has 0 heterocycles. The quantitative estimate of drug-likeness (QED) is 0.689. The van der Waals surface area contributed by atoms with E-state index in [0.717, 1.165) is 6.42 Å². The topological polar surface area (TPSA) is 46.2 Å². The molecule has 0 radical (unpaired) electrons. The van der Waals surface area contributed by atoms with Crippen LogP contribution in [0.4, 0.5) is 0 Å². The van der Waals surface area contributed by atoms with E-state index in [9.17, 15) is 9.59 Å². The van der Waals surface area contributed by atoms with Crippen molar-refractivity contribution in [2.75, 3.05) is 6.54 Å². The third kappa shape index (κ3) is 6.29. The number of Topliss-reactive ketones (excluding diaryl/α,β-unsaturated/α-hetero) is 2. The summed E-state index contributed by atoms with van der Waals surface area (Å²) >= 11 is 0. The van der Waals surface area contributed by atoms with Crippen molar-refractivity contribution >= 4 is 11.6 Å². The second-order valence-electron chi connectivity index (χ2n) is 5.83. The molecule has 0 aliphatic carbocycles. The van der Waals surface area contributed by atoms with Crippen LogP contribution in [0, 0.1) is 17.8 Å². The summed E-state index contributed by atoms with van der Waals surface area (Å²) in [5.41, 5.74) is 0. The average Bonchev–Trinajstić information content (AvgIpc) is 2.31. The molecule has 3 heteroatoms. The van der Waals surface area contributed by atoms with Gasteiger partial charge in [-0.3, -0.25) is 9.59 Å². The number of nitrogens with one attached hydrogen (secondary N) is 1. The highest BCUT2D eigenvalue weighted by Crippen LogP contribution is 2.23. The molecule has 0 aromatic carbocycles. The molecule has 0 aromatic heterocycles. The fraction of sp³-hybridized carbons (Fsp3) is 0.867. The standard InChI is InChI=1S/C15H29NO2/c1-7-12(6)14(15(18)10(2)3)8-13(17)9-16-11(4)5/h10-12,14,16H,7-9H2,1-6H3/t12?,14-/m1/s1. The van der Waals surface area contributed by atoms with Crippen molar-refractivity contribution in [2.24, 2.45) is 17.8 Å². The predicted molar refractivity (Wildman–Crippen MR) is 75.6 cm³/mol. The van der Waals surface area contributed by atoms with Gasteiger partial charge in [0, 0.05) is 24.3 Å². The molecule has 0 rings (SSSR count). The van der Waals surface area contributed by atoms with Crippen molar-refractivity contribution in [1.82, 2.24) is 5.32 Å². The van der Waals surface area contributed by atoms with Gasteiger partial charge in [-0.2, -0.15) is 0 Å². The van der Waals surface area contributed by atoms with Gasteiger partial charge >= 0.3 is 0 Å². The van der Waals surface area contributed by atoms with Crippen molar-refractivity contribution in [3.05, 3.63) is 0 Å². The Morgan fingerprint density at radius 2 is 1.61 bits per heavy atom. The Morgan fingerprint density at radius 3 is 2.00 bits per heavy atom. The van der Waals surface area contributed by atoms with Gasteiger partial charge < -0.3 is 5.32 Å². The van der Waals surface area contributed by atoms with Crippen LogP contribution < -0.4 is 5.32 Å². The van der Waals surface area contributed by atoms with Gasteiger partial charge in [0.05, 0.1) is 6.54 Å². The SMILES string of the molecule is CCC(C)[C@@H](CC(=O)CNC(C)C)C(=O)C(C)C. The van der Waals surface area contributed by atoms with E-state index >= 15 is 0 Å². The fourth-order valence-electron chi connectivity index (χ4n) is 1.93. The third-order valence-corrected chi connectivity index (χ3v) is 3.42. The first-order valence-electron chi connectivity index (χ1n) is 7.08. The monoisotopic (exact) mass is 255 g/mol. The predicted octanol–water partition coefficient (Wildman–Crippen LogP) is 2.83. The molecule has 0 spiro atoms. The highest BCUT2D eigenvalue weighted by Gasteiger charge is 2.27. The second kappa shape index (κ2) is 8.41. The van der Waals surface area contributed by atoms with Crippen LogP contribution in [0.3, 0.4) is 0 Å². The van der Waals surface area contributed by atoms with Gasteiger partial charge in [-0.05, 0) is 5.92 Å². The van der Waals surface area contributed by atoms with E-state index in [1.165, 1.54) is 0 Å². The lowest BCUT2D eigenvalue weighted by Gasteiger charge is -2.23. The zero-order chi connectivity index (χ0) is 14.3. The fourth-order valence-corrected chi connectivity index (χ4v) is 1.93. The molecule has 0 aliphatic heterocycles. The van der Waals surface area contributed by atoms with Crippen LogP contribution >= 0.6 is 0 Å². The van der Waals surface area contributed by atoms with Gasteiger partial charge in [-0.25, -0.2) is 0 Å². The maximum Gasteiger partial charge on any atom is 0.147 e. The van der Waals surface area contributed by atoms with Crippen molar-refractivity contribution in [2.45, 2.75) is 60.4 Å². The first-order valence-corrected chi connectivity index (χ1v) is 7.08. The zero-order valence-electron chi connectivity index (χ0n) is 12.7. The molecule has 3 nitrogen and oxygen atoms in total. The van der Waals surface area contributed by atoms with Crippen LogP contribution in [0.1, 0.15) is 54.4 Å². The van der Waals surface area contributed by atoms with Crippen LogP contribution in [0.2, 0.25) is 0 Å². The minimum atomic E-state index is -0.114. The summed E-state index contributed by atoms with van der Waals surface area (Å²) in [6.07, 6.45) is 1.32. The lowest BCUT2D eigenvalue weighted by molar-refractivity contribution is -0.131. The van der Waals surface area contributed by atoms with E-state index in [1.54, 1.807) is 0 Å². The van der Waals surface area contributed by atoms with Gasteiger partial charge in [0.15, 0.2) is 0 Å². The first-order chi connectivity index (χ1) is 8.29.